The SMILES string of the molecule is Cc1nc2ccc(CN3C[C@@H](Oc4ccc(C(=O)NCC(F)F)nc4F)[C@@H]3C)c(F)c2[nH]c1=O. The molecule has 1 aromatic carbocycles. The van der Waals surface area contributed by atoms with E-state index in [4.69, 9.17) is 4.74 Å². The first kappa shape index (κ1) is 23.6. The molecule has 1 saturated heterocycles. The largest absolute Gasteiger partial charge is 0.483 e. The molecular weight excluding hydrogens is 458 g/mol. The van der Waals surface area contributed by atoms with Crippen LogP contribution in [0.2, 0.25) is 0 Å². The van der Waals surface area contributed by atoms with E-state index in [0.29, 0.717) is 17.6 Å². The average molecular weight is 479 g/mol. The van der Waals surface area contributed by atoms with Crippen molar-refractivity contribution in [3.63, 3.8) is 0 Å². The fourth-order valence-corrected chi connectivity index (χ4v) is 3.65. The van der Waals surface area contributed by atoms with Crippen LogP contribution in [-0.4, -0.2) is 57.4 Å². The molecule has 0 unspecified atom stereocenters. The van der Waals surface area contributed by atoms with Crippen LogP contribution in [0.4, 0.5) is 17.6 Å². The minimum atomic E-state index is -2.73. The molecule has 2 atom stereocenters. The van der Waals surface area contributed by atoms with Gasteiger partial charge in [0, 0.05) is 24.7 Å². The Balaban J connectivity index is 1.39. The van der Waals surface area contributed by atoms with Gasteiger partial charge in [0.05, 0.1) is 12.1 Å². The van der Waals surface area contributed by atoms with Gasteiger partial charge in [-0.1, -0.05) is 6.07 Å². The number of likely N-dealkylation sites (tertiary alicyclic amines) is 1. The maximum Gasteiger partial charge on any atom is 0.270 e. The molecule has 1 aliphatic heterocycles. The molecule has 0 aliphatic carbocycles. The third-order valence-electron chi connectivity index (χ3n) is 5.70. The summed E-state index contributed by atoms with van der Waals surface area (Å²) in [6.45, 7) is 3.12. The maximum atomic E-state index is 14.9. The van der Waals surface area contributed by atoms with Gasteiger partial charge in [-0.25, -0.2) is 23.1 Å². The Kier molecular flexibility index (Phi) is 6.51. The van der Waals surface area contributed by atoms with Gasteiger partial charge in [-0.05, 0) is 32.0 Å². The first-order valence-corrected chi connectivity index (χ1v) is 10.5. The molecule has 180 valence electrons. The van der Waals surface area contributed by atoms with Crippen LogP contribution < -0.4 is 15.6 Å². The van der Waals surface area contributed by atoms with E-state index in [1.165, 1.54) is 12.1 Å². The summed E-state index contributed by atoms with van der Waals surface area (Å²) in [5, 5.41) is 1.95. The van der Waals surface area contributed by atoms with Crippen LogP contribution >= 0.6 is 0 Å². The second-order valence-corrected chi connectivity index (χ2v) is 8.00. The minimum absolute atomic E-state index is 0.0416. The van der Waals surface area contributed by atoms with E-state index in [2.05, 4.69) is 15.0 Å². The van der Waals surface area contributed by atoms with Crippen molar-refractivity contribution in [2.45, 2.75) is 39.0 Å². The fourth-order valence-electron chi connectivity index (χ4n) is 3.65. The number of nitrogens with one attached hydrogen (secondary N) is 2. The number of H-pyrrole nitrogens is 1. The Morgan fingerprint density at radius 2 is 2.03 bits per heavy atom. The number of aryl methyl sites for hydroxylation is 1. The van der Waals surface area contributed by atoms with Crippen molar-refractivity contribution in [1.29, 1.82) is 0 Å². The number of pyridine rings is 1. The Morgan fingerprint density at radius 1 is 1.26 bits per heavy atom. The molecule has 2 aromatic heterocycles. The Hall–Kier alpha value is -3.54. The van der Waals surface area contributed by atoms with E-state index in [-0.39, 0.29) is 35.2 Å². The molecule has 4 rings (SSSR count). The van der Waals surface area contributed by atoms with Crippen LogP contribution in [0.3, 0.4) is 0 Å². The first-order chi connectivity index (χ1) is 16.1. The van der Waals surface area contributed by atoms with Crippen molar-refractivity contribution in [2.24, 2.45) is 0 Å². The molecule has 3 heterocycles. The van der Waals surface area contributed by atoms with Crippen molar-refractivity contribution in [1.82, 2.24) is 25.2 Å². The van der Waals surface area contributed by atoms with Crippen molar-refractivity contribution in [3.8, 4) is 5.75 Å². The molecule has 12 heteroatoms. The lowest BCUT2D eigenvalue weighted by atomic mass is 9.99. The van der Waals surface area contributed by atoms with Gasteiger partial charge in [0.2, 0.25) is 0 Å². The molecule has 0 bridgehead atoms. The Morgan fingerprint density at radius 3 is 2.71 bits per heavy atom. The van der Waals surface area contributed by atoms with Gasteiger partial charge in [-0.3, -0.25) is 14.5 Å². The Bertz CT molecular complexity index is 1300. The first-order valence-electron chi connectivity index (χ1n) is 10.5. The summed E-state index contributed by atoms with van der Waals surface area (Å²) in [5.41, 5.74) is 0.210. The van der Waals surface area contributed by atoms with Crippen LogP contribution in [0.1, 0.15) is 28.7 Å². The van der Waals surface area contributed by atoms with E-state index in [9.17, 15) is 27.2 Å². The smallest absolute Gasteiger partial charge is 0.270 e. The normalized spacial score (nSPS) is 18.2. The predicted octanol–water partition coefficient (Wildman–Crippen LogP) is 2.55. The fraction of sp³-hybridized carbons (Fsp3) is 0.364. The number of halogens is 4. The summed E-state index contributed by atoms with van der Waals surface area (Å²) in [6, 6.07) is 5.43. The summed E-state index contributed by atoms with van der Waals surface area (Å²) in [7, 11) is 0. The number of fused-ring (bicyclic) bond motifs is 1. The standard InChI is InChI=1S/C22H21F4N5O3/c1-10-21(32)30-19-13(28-10)4-3-12(18(19)25)8-31-9-16(11(31)2)34-15-6-5-14(29-20(15)26)22(33)27-7-17(23)24/h3-6,11,16-17H,7-9H2,1-2H3,(H,27,33)(H,30,32)/t11-,16+/m0/s1. The van der Waals surface area contributed by atoms with E-state index in [1.807, 2.05) is 17.1 Å². The van der Waals surface area contributed by atoms with Gasteiger partial charge in [0.1, 0.15) is 23.0 Å². The number of ether oxygens (including phenoxy) is 1. The summed E-state index contributed by atoms with van der Waals surface area (Å²) < 4.78 is 59.3. The zero-order valence-corrected chi connectivity index (χ0v) is 18.2. The molecule has 3 aromatic rings. The predicted molar refractivity (Wildman–Crippen MR) is 114 cm³/mol. The van der Waals surface area contributed by atoms with E-state index < -0.39 is 42.3 Å². The van der Waals surface area contributed by atoms with Crippen molar-refractivity contribution in [2.75, 3.05) is 13.1 Å². The van der Waals surface area contributed by atoms with Crippen LogP contribution in [0.25, 0.3) is 11.0 Å². The number of amides is 1. The number of hydrogen-bond donors (Lipinski definition) is 2. The minimum Gasteiger partial charge on any atom is -0.483 e. The highest BCUT2D eigenvalue weighted by Gasteiger charge is 2.38. The maximum absolute atomic E-state index is 14.9. The van der Waals surface area contributed by atoms with Gasteiger partial charge >= 0.3 is 0 Å². The molecule has 0 saturated carbocycles. The van der Waals surface area contributed by atoms with E-state index >= 15 is 0 Å². The third-order valence-corrected chi connectivity index (χ3v) is 5.70. The molecule has 1 aliphatic rings. The van der Waals surface area contributed by atoms with Crippen LogP contribution in [0.5, 0.6) is 5.75 Å². The average Bonchev–Trinajstić information content (AvgIpc) is 2.80. The lowest BCUT2D eigenvalue weighted by Gasteiger charge is -2.45. The number of nitrogens with zero attached hydrogens (tertiary/aromatic N) is 3. The molecule has 0 radical (unpaired) electrons. The quantitative estimate of drug-likeness (QED) is 0.399. The molecule has 8 nitrogen and oxygen atoms in total. The third kappa shape index (κ3) is 4.72. The van der Waals surface area contributed by atoms with Gasteiger partial charge in [0.25, 0.3) is 23.8 Å². The molecule has 1 amide bonds. The number of hydrogen-bond acceptors (Lipinski definition) is 6. The number of carbonyl (C=O) groups excluding carboxylic acids is 1. The topological polar surface area (TPSA) is 100 Å². The number of rotatable bonds is 7. The van der Waals surface area contributed by atoms with Crippen molar-refractivity contribution < 1.29 is 27.1 Å². The Labute approximate surface area is 191 Å². The molecule has 34 heavy (non-hydrogen) atoms. The number of carbonyl (C=O) groups is 1. The highest BCUT2D eigenvalue weighted by atomic mass is 19.3. The van der Waals surface area contributed by atoms with Gasteiger partial charge in [0.15, 0.2) is 11.6 Å². The lowest BCUT2D eigenvalue weighted by Crippen LogP contribution is -2.60. The zero-order chi connectivity index (χ0) is 24.6. The van der Waals surface area contributed by atoms with Gasteiger partial charge in [-0.2, -0.15) is 4.39 Å². The monoisotopic (exact) mass is 479 g/mol. The number of benzene rings is 1. The second-order valence-electron chi connectivity index (χ2n) is 8.00. The van der Waals surface area contributed by atoms with Gasteiger partial charge < -0.3 is 15.0 Å². The molecule has 2 N–H and O–H groups in total. The second kappa shape index (κ2) is 9.37. The van der Waals surface area contributed by atoms with Crippen LogP contribution in [-0.2, 0) is 6.54 Å². The van der Waals surface area contributed by atoms with E-state index in [0.717, 1.165) is 0 Å². The summed E-state index contributed by atoms with van der Waals surface area (Å²) in [5.74, 6) is -2.70. The number of aromatic amines is 1. The molecule has 0 spiro atoms. The highest BCUT2D eigenvalue weighted by Crippen LogP contribution is 2.28. The number of aromatic nitrogens is 3. The van der Waals surface area contributed by atoms with Crippen LogP contribution in [0.15, 0.2) is 29.1 Å². The summed E-state index contributed by atoms with van der Waals surface area (Å²) in [6.07, 6.45) is -3.15. The zero-order valence-electron chi connectivity index (χ0n) is 18.2. The number of alkyl halides is 2. The van der Waals surface area contributed by atoms with Gasteiger partial charge in [-0.15, -0.1) is 0 Å². The van der Waals surface area contributed by atoms with E-state index in [1.54, 1.807) is 19.1 Å². The lowest BCUT2D eigenvalue weighted by molar-refractivity contribution is -0.0437. The van der Waals surface area contributed by atoms with Crippen molar-refractivity contribution in [3.05, 3.63) is 63.3 Å². The van der Waals surface area contributed by atoms with Crippen molar-refractivity contribution >= 4 is 16.9 Å². The summed E-state index contributed by atoms with van der Waals surface area (Å²) >= 11 is 0. The summed E-state index contributed by atoms with van der Waals surface area (Å²) in [4.78, 5) is 35.5. The molecular formula is C22H21F4N5O3. The molecule has 1 fully saturated rings. The van der Waals surface area contributed by atoms with Crippen LogP contribution in [0, 0.1) is 18.7 Å². The highest BCUT2D eigenvalue weighted by molar-refractivity contribution is 5.92.